The van der Waals surface area contributed by atoms with Gasteiger partial charge in [-0.1, -0.05) is 19.9 Å². The van der Waals surface area contributed by atoms with Crippen LogP contribution in [0.3, 0.4) is 0 Å². The highest BCUT2D eigenvalue weighted by Crippen LogP contribution is 2.39. The van der Waals surface area contributed by atoms with E-state index in [0.29, 0.717) is 17.0 Å². The lowest BCUT2D eigenvalue weighted by Gasteiger charge is -2.40. The van der Waals surface area contributed by atoms with Gasteiger partial charge in [-0.3, -0.25) is 0 Å². The molecular formula is C17H27FN2. The zero-order valence-electron chi connectivity index (χ0n) is 13.1. The molecule has 20 heavy (non-hydrogen) atoms. The Morgan fingerprint density at radius 1 is 1.30 bits per heavy atom. The van der Waals surface area contributed by atoms with E-state index in [1.54, 1.807) is 6.07 Å². The molecule has 1 aromatic rings. The monoisotopic (exact) mass is 278 g/mol. The van der Waals surface area contributed by atoms with Crippen molar-refractivity contribution in [2.75, 3.05) is 11.9 Å². The van der Waals surface area contributed by atoms with E-state index in [-0.39, 0.29) is 11.9 Å². The Kier molecular flexibility index (Phi) is 4.38. The van der Waals surface area contributed by atoms with Crippen molar-refractivity contribution < 1.29 is 4.39 Å². The summed E-state index contributed by atoms with van der Waals surface area (Å²) in [5.41, 5.74) is 7.99. The fraction of sp³-hybridized carbons (Fsp3) is 0.647. The Morgan fingerprint density at radius 3 is 2.45 bits per heavy atom. The normalized spacial score (nSPS) is 20.7. The van der Waals surface area contributed by atoms with Gasteiger partial charge in [-0.15, -0.1) is 0 Å². The van der Waals surface area contributed by atoms with Crippen LogP contribution >= 0.6 is 0 Å². The Morgan fingerprint density at radius 2 is 1.90 bits per heavy atom. The largest absolute Gasteiger partial charge is 0.371 e. The van der Waals surface area contributed by atoms with Gasteiger partial charge >= 0.3 is 0 Å². The molecule has 0 spiro atoms. The number of hydrogen-bond acceptors (Lipinski definition) is 2. The SMILES string of the molecule is C[C@H](N)c1c(F)cccc1N(C)C1CCC(C)(C)CC1. The molecule has 0 amide bonds. The van der Waals surface area contributed by atoms with Crippen molar-refractivity contribution in [1.29, 1.82) is 0 Å². The number of benzene rings is 1. The lowest BCUT2D eigenvalue weighted by atomic mass is 9.75. The van der Waals surface area contributed by atoms with Crippen LogP contribution in [0.5, 0.6) is 0 Å². The maximum atomic E-state index is 14.0. The zero-order chi connectivity index (χ0) is 14.9. The minimum atomic E-state index is -0.284. The van der Waals surface area contributed by atoms with Crippen molar-refractivity contribution in [2.45, 2.75) is 58.5 Å². The van der Waals surface area contributed by atoms with Crippen molar-refractivity contribution in [1.82, 2.24) is 0 Å². The lowest BCUT2D eigenvalue weighted by Crippen LogP contribution is -2.38. The zero-order valence-corrected chi connectivity index (χ0v) is 13.1. The van der Waals surface area contributed by atoms with Crippen LogP contribution in [-0.2, 0) is 0 Å². The number of hydrogen-bond donors (Lipinski definition) is 1. The minimum absolute atomic E-state index is 0.194. The van der Waals surface area contributed by atoms with E-state index in [9.17, 15) is 4.39 Å². The molecule has 0 saturated heterocycles. The van der Waals surface area contributed by atoms with Crippen molar-refractivity contribution in [3.63, 3.8) is 0 Å². The topological polar surface area (TPSA) is 29.3 Å². The molecule has 1 aromatic carbocycles. The third-order valence-corrected chi connectivity index (χ3v) is 4.72. The van der Waals surface area contributed by atoms with Crippen molar-refractivity contribution in [3.05, 3.63) is 29.6 Å². The third kappa shape index (κ3) is 3.14. The molecule has 112 valence electrons. The molecule has 0 bridgehead atoms. The molecule has 0 radical (unpaired) electrons. The molecule has 0 unspecified atom stereocenters. The maximum Gasteiger partial charge on any atom is 0.130 e. The van der Waals surface area contributed by atoms with E-state index < -0.39 is 0 Å². The smallest absolute Gasteiger partial charge is 0.130 e. The van der Waals surface area contributed by atoms with Crippen molar-refractivity contribution >= 4 is 5.69 Å². The van der Waals surface area contributed by atoms with Gasteiger partial charge in [-0.2, -0.15) is 0 Å². The second-order valence-corrected chi connectivity index (χ2v) is 6.97. The third-order valence-electron chi connectivity index (χ3n) is 4.72. The molecule has 1 saturated carbocycles. The minimum Gasteiger partial charge on any atom is -0.371 e. The van der Waals surface area contributed by atoms with Crippen molar-refractivity contribution in [2.24, 2.45) is 11.1 Å². The molecule has 1 aliphatic rings. The fourth-order valence-electron chi connectivity index (χ4n) is 3.25. The number of rotatable bonds is 3. The highest BCUT2D eigenvalue weighted by atomic mass is 19.1. The molecule has 2 nitrogen and oxygen atoms in total. The van der Waals surface area contributed by atoms with Gasteiger partial charge in [0, 0.05) is 30.4 Å². The number of halogens is 1. The average Bonchev–Trinajstić information content (AvgIpc) is 2.37. The van der Waals surface area contributed by atoms with Crippen LogP contribution in [0.1, 0.15) is 58.1 Å². The highest BCUT2D eigenvalue weighted by molar-refractivity contribution is 5.55. The lowest BCUT2D eigenvalue weighted by molar-refractivity contribution is 0.222. The van der Waals surface area contributed by atoms with Crippen LogP contribution in [0.2, 0.25) is 0 Å². The fourth-order valence-corrected chi connectivity index (χ4v) is 3.25. The molecule has 1 atom stereocenters. The summed E-state index contributed by atoms with van der Waals surface area (Å²) < 4.78 is 14.0. The van der Waals surface area contributed by atoms with Crippen LogP contribution in [0.15, 0.2) is 18.2 Å². The van der Waals surface area contributed by atoms with Gasteiger partial charge in [-0.05, 0) is 50.2 Å². The van der Waals surface area contributed by atoms with E-state index in [0.717, 1.165) is 5.69 Å². The molecule has 0 aromatic heterocycles. The van der Waals surface area contributed by atoms with Gasteiger partial charge in [0.1, 0.15) is 5.82 Å². The van der Waals surface area contributed by atoms with E-state index in [4.69, 9.17) is 5.73 Å². The highest BCUT2D eigenvalue weighted by Gasteiger charge is 2.30. The summed E-state index contributed by atoms with van der Waals surface area (Å²) in [4.78, 5) is 2.23. The van der Waals surface area contributed by atoms with Crippen LogP contribution in [0, 0.1) is 11.2 Å². The first-order chi connectivity index (χ1) is 9.32. The predicted molar refractivity (Wildman–Crippen MR) is 83.4 cm³/mol. The molecule has 1 aliphatic carbocycles. The maximum absolute atomic E-state index is 14.0. The quantitative estimate of drug-likeness (QED) is 0.895. The summed E-state index contributed by atoms with van der Waals surface area (Å²) in [5.74, 6) is -0.194. The second kappa shape index (κ2) is 5.72. The molecule has 2 rings (SSSR count). The van der Waals surface area contributed by atoms with Crippen LogP contribution in [0.25, 0.3) is 0 Å². The summed E-state index contributed by atoms with van der Waals surface area (Å²) in [5, 5.41) is 0. The molecule has 0 heterocycles. The Hall–Kier alpha value is -1.09. The van der Waals surface area contributed by atoms with Gasteiger partial charge in [0.2, 0.25) is 0 Å². The number of anilines is 1. The molecule has 0 aliphatic heterocycles. The molecule has 3 heteroatoms. The number of nitrogens with two attached hydrogens (primary N) is 1. The van der Waals surface area contributed by atoms with Crippen LogP contribution in [-0.4, -0.2) is 13.1 Å². The standard InChI is InChI=1S/C17H27FN2/c1-12(19)16-14(18)6-5-7-15(16)20(4)13-8-10-17(2,3)11-9-13/h5-7,12-13H,8-11,19H2,1-4H3/t12-/m0/s1. The summed E-state index contributed by atoms with van der Waals surface area (Å²) in [6.07, 6.45) is 4.78. The summed E-state index contributed by atoms with van der Waals surface area (Å²) in [7, 11) is 2.07. The molecular weight excluding hydrogens is 251 g/mol. The Labute approximate surface area is 122 Å². The van der Waals surface area contributed by atoms with Gasteiger partial charge in [0.05, 0.1) is 0 Å². The predicted octanol–water partition coefficient (Wildman–Crippen LogP) is 4.25. The van der Waals surface area contributed by atoms with Gasteiger partial charge in [-0.25, -0.2) is 4.39 Å². The van der Waals surface area contributed by atoms with Gasteiger partial charge in [0.25, 0.3) is 0 Å². The second-order valence-electron chi connectivity index (χ2n) is 6.97. The first kappa shape index (κ1) is 15.3. The Balaban J connectivity index is 2.22. The summed E-state index contributed by atoms with van der Waals surface area (Å²) >= 11 is 0. The van der Waals surface area contributed by atoms with E-state index in [1.165, 1.54) is 31.7 Å². The number of nitrogens with zero attached hydrogens (tertiary/aromatic N) is 1. The average molecular weight is 278 g/mol. The summed E-state index contributed by atoms with van der Waals surface area (Å²) in [6.45, 7) is 6.51. The van der Waals surface area contributed by atoms with Crippen LogP contribution in [0.4, 0.5) is 10.1 Å². The first-order valence-corrected chi connectivity index (χ1v) is 7.58. The van der Waals surface area contributed by atoms with Gasteiger partial charge < -0.3 is 10.6 Å². The van der Waals surface area contributed by atoms with Crippen molar-refractivity contribution in [3.8, 4) is 0 Å². The van der Waals surface area contributed by atoms with E-state index >= 15 is 0 Å². The van der Waals surface area contributed by atoms with Gasteiger partial charge in [0.15, 0.2) is 0 Å². The van der Waals surface area contributed by atoms with Crippen LogP contribution < -0.4 is 10.6 Å². The van der Waals surface area contributed by atoms with E-state index in [2.05, 4.69) is 25.8 Å². The molecule has 1 fully saturated rings. The Bertz CT molecular complexity index is 458. The summed E-state index contributed by atoms with van der Waals surface area (Å²) in [6, 6.07) is 5.47. The molecule has 2 N–H and O–H groups in total. The first-order valence-electron chi connectivity index (χ1n) is 7.58. The van der Waals surface area contributed by atoms with E-state index in [1.807, 2.05) is 13.0 Å².